The van der Waals surface area contributed by atoms with Gasteiger partial charge in [-0.25, -0.2) is 5.10 Å². The van der Waals surface area contributed by atoms with Crippen LogP contribution in [0.15, 0.2) is 35.1 Å². The first-order valence-corrected chi connectivity index (χ1v) is 9.24. The molecule has 0 atom stereocenters. The van der Waals surface area contributed by atoms with Crippen molar-refractivity contribution in [3.05, 3.63) is 46.4 Å². The van der Waals surface area contributed by atoms with Crippen molar-refractivity contribution < 1.29 is 4.74 Å². The number of aromatic amines is 1. The summed E-state index contributed by atoms with van der Waals surface area (Å²) < 4.78 is 5.86. The maximum absolute atomic E-state index is 11.5. The average Bonchev–Trinajstić information content (AvgIpc) is 2.90. The van der Waals surface area contributed by atoms with Crippen LogP contribution in [0.4, 0.5) is 0 Å². The fourth-order valence-corrected chi connectivity index (χ4v) is 3.33. The number of aryl methyl sites for hydroxylation is 1. The maximum atomic E-state index is 11.5. The molecule has 26 heavy (non-hydrogen) atoms. The molecule has 0 aliphatic carbocycles. The van der Waals surface area contributed by atoms with Gasteiger partial charge in [-0.2, -0.15) is 5.10 Å². The highest BCUT2D eigenvalue weighted by Crippen LogP contribution is 2.23. The van der Waals surface area contributed by atoms with Gasteiger partial charge >= 0.3 is 0 Å². The molecule has 0 amide bonds. The third-order valence-electron chi connectivity index (χ3n) is 4.75. The Morgan fingerprint density at radius 2 is 1.81 bits per heavy atom. The number of aromatic nitrogens is 2. The second kappa shape index (κ2) is 10.3. The van der Waals surface area contributed by atoms with Gasteiger partial charge in [-0.05, 0) is 57.0 Å². The van der Waals surface area contributed by atoms with Crippen LogP contribution in [0.2, 0.25) is 0 Å². The largest absolute Gasteiger partial charge is 0.494 e. The molecule has 1 aliphatic heterocycles. The van der Waals surface area contributed by atoms with Crippen molar-refractivity contribution in [2.45, 2.75) is 39.0 Å². The number of likely N-dealkylation sites (tertiary alicyclic amines) is 1. The molecule has 2 heterocycles. The summed E-state index contributed by atoms with van der Waals surface area (Å²) in [4.78, 5) is 14.0. The summed E-state index contributed by atoms with van der Waals surface area (Å²) in [5.74, 6) is 0.870. The van der Waals surface area contributed by atoms with Crippen molar-refractivity contribution in [1.29, 1.82) is 0 Å². The highest BCUT2D eigenvalue weighted by Gasteiger charge is 2.08. The summed E-state index contributed by atoms with van der Waals surface area (Å²) in [6.07, 6.45) is 6.47. The molecule has 0 saturated carbocycles. The lowest BCUT2D eigenvalue weighted by Gasteiger charge is -2.19. The van der Waals surface area contributed by atoms with Crippen molar-refractivity contribution in [2.24, 2.45) is 0 Å². The predicted molar refractivity (Wildman–Crippen MR) is 107 cm³/mol. The van der Waals surface area contributed by atoms with Crippen LogP contribution < -0.4 is 10.3 Å². The molecule has 1 aromatic carbocycles. The third kappa shape index (κ3) is 5.85. The lowest BCUT2D eigenvalue weighted by Crippen LogP contribution is -2.26. The van der Waals surface area contributed by atoms with Crippen LogP contribution in [-0.4, -0.2) is 41.3 Å². The Morgan fingerprint density at radius 3 is 2.50 bits per heavy atom. The average molecular weight is 378 g/mol. The molecule has 0 radical (unpaired) electrons. The van der Waals surface area contributed by atoms with E-state index < -0.39 is 0 Å². The van der Waals surface area contributed by atoms with E-state index in [4.69, 9.17) is 4.74 Å². The number of hydrogen-bond acceptors (Lipinski definition) is 4. The lowest BCUT2D eigenvalue weighted by atomic mass is 10.1. The molecule has 1 aliphatic rings. The first-order valence-electron chi connectivity index (χ1n) is 9.24. The van der Waals surface area contributed by atoms with Gasteiger partial charge in [0.05, 0.1) is 12.3 Å². The van der Waals surface area contributed by atoms with Crippen molar-refractivity contribution in [3.8, 4) is 16.9 Å². The van der Waals surface area contributed by atoms with Gasteiger partial charge in [-0.3, -0.25) is 4.79 Å². The van der Waals surface area contributed by atoms with E-state index in [1.165, 1.54) is 38.8 Å². The number of nitrogens with zero attached hydrogens (tertiary/aromatic N) is 2. The van der Waals surface area contributed by atoms with E-state index in [0.717, 1.165) is 42.1 Å². The number of ether oxygens (including phenoxy) is 1. The van der Waals surface area contributed by atoms with E-state index in [1.54, 1.807) is 6.07 Å². The standard InChI is InChI=1S/C20H27N3O2.ClH/c1-16-19(15-20(24)22-21-16)17-7-9-18(10-8-17)25-14-6-13-23-11-4-2-3-5-12-23;/h7-10,15H,2-6,11-14H2,1H3,(H,22,24);1H. The predicted octanol–water partition coefficient (Wildman–Crippen LogP) is 3.81. The molecule has 1 N–H and O–H groups in total. The van der Waals surface area contributed by atoms with E-state index in [-0.39, 0.29) is 18.0 Å². The fourth-order valence-electron chi connectivity index (χ4n) is 3.33. The van der Waals surface area contributed by atoms with Crippen molar-refractivity contribution in [1.82, 2.24) is 15.1 Å². The summed E-state index contributed by atoms with van der Waals surface area (Å²) in [5.41, 5.74) is 2.46. The number of rotatable bonds is 6. The molecule has 1 saturated heterocycles. The summed E-state index contributed by atoms with van der Waals surface area (Å²) in [6, 6.07) is 9.46. The molecular formula is C20H28ClN3O2. The molecule has 0 bridgehead atoms. The summed E-state index contributed by atoms with van der Waals surface area (Å²) >= 11 is 0. The molecule has 1 fully saturated rings. The highest BCUT2D eigenvalue weighted by atomic mass is 35.5. The topological polar surface area (TPSA) is 58.2 Å². The number of benzene rings is 1. The Labute approximate surface area is 161 Å². The highest BCUT2D eigenvalue weighted by molar-refractivity contribution is 5.85. The SMILES string of the molecule is Cc1n[nH]c(=O)cc1-c1ccc(OCCCN2CCCCCC2)cc1.Cl. The van der Waals surface area contributed by atoms with E-state index in [0.29, 0.717) is 0 Å². The van der Waals surface area contributed by atoms with Gasteiger partial charge in [0.25, 0.3) is 5.56 Å². The van der Waals surface area contributed by atoms with Crippen LogP contribution in [0.3, 0.4) is 0 Å². The maximum Gasteiger partial charge on any atom is 0.264 e. The van der Waals surface area contributed by atoms with E-state index in [9.17, 15) is 4.79 Å². The summed E-state index contributed by atoms with van der Waals surface area (Å²) in [5, 5.41) is 6.47. The summed E-state index contributed by atoms with van der Waals surface area (Å²) in [6.45, 7) is 6.21. The van der Waals surface area contributed by atoms with Crippen molar-refractivity contribution >= 4 is 12.4 Å². The second-order valence-electron chi connectivity index (χ2n) is 6.71. The van der Waals surface area contributed by atoms with Crippen LogP contribution >= 0.6 is 12.4 Å². The van der Waals surface area contributed by atoms with Crippen LogP contribution in [0.25, 0.3) is 11.1 Å². The zero-order valence-electron chi connectivity index (χ0n) is 15.4. The molecule has 6 heteroatoms. The first kappa shape index (κ1) is 20.5. The zero-order chi connectivity index (χ0) is 17.5. The van der Waals surface area contributed by atoms with Crippen molar-refractivity contribution in [3.63, 3.8) is 0 Å². The van der Waals surface area contributed by atoms with E-state index in [2.05, 4.69) is 15.1 Å². The van der Waals surface area contributed by atoms with E-state index in [1.807, 2.05) is 31.2 Å². The van der Waals surface area contributed by atoms with Gasteiger partial charge in [-0.1, -0.05) is 25.0 Å². The molecule has 0 spiro atoms. The molecule has 3 rings (SSSR count). The first-order chi connectivity index (χ1) is 12.2. The molecule has 142 valence electrons. The van der Waals surface area contributed by atoms with Crippen LogP contribution in [0, 0.1) is 6.92 Å². The second-order valence-corrected chi connectivity index (χ2v) is 6.71. The van der Waals surface area contributed by atoms with Gasteiger partial charge in [0.1, 0.15) is 5.75 Å². The Bertz CT molecular complexity index is 723. The smallest absolute Gasteiger partial charge is 0.264 e. The van der Waals surface area contributed by atoms with Gasteiger partial charge in [0.2, 0.25) is 0 Å². The third-order valence-corrected chi connectivity index (χ3v) is 4.75. The Balaban J connectivity index is 0.00000243. The van der Waals surface area contributed by atoms with Gasteiger partial charge in [-0.15, -0.1) is 12.4 Å². The number of nitrogens with one attached hydrogen (secondary N) is 1. The van der Waals surface area contributed by atoms with Gasteiger partial charge < -0.3 is 9.64 Å². The molecule has 2 aromatic rings. The Hall–Kier alpha value is -1.85. The van der Waals surface area contributed by atoms with Crippen LogP contribution in [0.1, 0.15) is 37.8 Å². The minimum Gasteiger partial charge on any atom is -0.494 e. The number of hydrogen-bond donors (Lipinski definition) is 1. The van der Waals surface area contributed by atoms with Gasteiger partial charge in [0.15, 0.2) is 0 Å². The van der Waals surface area contributed by atoms with Crippen molar-refractivity contribution in [2.75, 3.05) is 26.2 Å². The minimum atomic E-state index is -0.186. The molecule has 1 aromatic heterocycles. The van der Waals surface area contributed by atoms with E-state index >= 15 is 0 Å². The summed E-state index contributed by atoms with van der Waals surface area (Å²) in [7, 11) is 0. The molecule has 5 nitrogen and oxygen atoms in total. The Morgan fingerprint density at radius 1 is 1.12 bits per heavy atom. The number of halogens is 1. The zero-order valence-corrected chi connectivity index (χ0v) is 16.2. The quantitative estimate of drug-likeness (QED) is 0.777. The fraction of sp³-hybridized carbons (Fsp3) is 0.500. The molecular weight excluding hydrogens is 350 g/mol. The van der Waals surface area contributed by atoms with Gasteiger partial charge in [0, 0.05) is 18.2 Å². The number of H-pyrrole nitrogens is 1. The van der Waals surface area contributed by atoms with Crippen LogP contribution in [0.5, 0.6) is 5.75 Å². The minimum absolute atomic E-state index is 0. The van der Waals surface area contributed by atoms with Crippen LogP contribution in [-0.2, 0) is 0 Å². The lowest BCUT2D eigenvalue weighted by molar-refractivity contribution is 0.240. The molecule has 0 unspecified atom stereocenters. The Kier molecular flexibility index (Phi) is 8.13. The normalized spacial score (nSPS) is 15.1. The monoisotopic (exact) mass is 377 g/mol.